The molecule has 4 nitrogen and oxygen atoms in total. The normalized spacial score (nSPS) is 21.2. The molecule has 1 atom stereocenters. The fraction of sp³-hybridized carbons (Fsp3) is 0.692. The molecule has 2 aliphatic carbocycles. The molecule has 2 fully saturated rings. The summed E-state index contributed by atoms with van der Waals surface area (Å²) in [5.41, 5.74) is 5.82. The molecule has 3 N–H and O–H groups in total. The summed E-state index contributed by atoms with van der Waals surface area (Å²) < 4.78 is 0. The summed E-state index contributed by atoms with van der Waals surface area (Å²) in [6.07, 6.45) is 6.44. The van der Waals surface area contributed by atoms with E-state index in [0.29, 0.717) is 17.8 Å². The molecule has 1 unspecified atom stereocenters. The average Bonchev–Trinajstić information content (AvgIpc) is 3.12. The predicted octanol–water partition coefficient (Wildman–Crippen LogP) is 2.54. The van der Waals surface area contributed by atoms with Crippen LogP contribution in [0.5, 0.6) is 0 Å². The largest absolute Gasteiger partial charge is 0.384 e. The third-order valence-corrected chi connectivity index (χ3v) is 3.48. The van der Waals surface area contributed by atoms with Crippen LogP contribution in [-0.2, 0) is 0 Å². The third-order valence-electron chi connectivity index (χ3n) is 3.48. The minimum absolute atomic E-state index is 0.476. The third kappa shape index (κ3) is 2.87. The zero-order chi connectivity index (χ0) is 11.8. The molecule has 0 aromatic carbocycles. The van der Waals surface area contributed by atoms with Gasteiger partial charge in [0.15, 0.2) is 0 Å². The van der Waals surface area contributed by atoms with Crippen molar-refractivity contribution in [1.29, 1.82) is 0 Å². The van der Waals surface area contributed by atoms with E-state index >= 15 is 0 Å². The van der Waals surface area contributed by atoms with Gasteiger partial charge in [0.25, 0.3) is 0 Å². The van der Waals surface area contributed by atoms with E-state index in [2.05, 4.69) is 22.2 Å². The maximum absolute atomic E-state index is 5.82. The quantitative estimate of drug-likeness (QED) is 0.819. The van der Waals surface area contributed by atoms with Gasteiger partial charge in [-0.2, -0.15) is 0 Å². The van der Waals surface area contributed by atoms with Crippen molar-refractivity contribution in [1.82, 2.24) is 9.97 Å². The Morgan fingerprint density at radius 3 is 2.76 bits per heavy atom. The van der Waals surface area contributed by atoms with Crippen molar-refractivity contribution < 1.29 is 0 Å². The standard InChI is InChI=1S/C13H20N4/c1-8(6-9-2-3-9)15-12-7-11(14)16-13(17-12)10-4-5-10/h7-10H,2-6H2,1H3,(H3,14,15,16,17). The summed E-state index contributed by atoms with van der Waals surface area (Å²) in [5, 5.41) is 3.45. The van der Waals surface area contributed by atoms with E-state index in [-0.39, 0.29) is 0 Å². The highest BCUT2D eigenvalue weighted by atomic mass is 15.1. The smallest absolute Gasteiger partial charge is 0.136 e. The van der Waals surface area contributed by atoms with Gasteiger partial charge >= 0.3 is 0 Å². The van der Waals surface area contributed by atoms with Crippen molar-refractivity contribution in [3.8, 4) is 0 Å². The molecule has 2 aliphatic rings. The first kappa shape index (κ1) is 10.8. The van der Waals surface area contributed by atoms with Crippen molar-refractivity contribution in [2.45, 2.75) is 51.0 Å². The van der Waals surface area contributed by atoms with E-state index in [9.17, 15) is 0 Å². The molecule has 2 saturated carbocycles. The second kappa shape index (κ2) is 4.17. The van der Waals surface area contributed by atoms with E-state index in [4.69, 9.17) is 5.73 Å². The van der Waals surface area contributed by atoms with Gasteiger partial charge in [-0.1, -0.05) is 12.8 Å². The van der Waals surface area contributed by atoms with Gasteiger partial charge in [-0.15, -0.1) is 0 Å². The number of nitrogen functional groups attached to an aromatic ring is 1. The monoisotopic (exact) mass is 232 g/mol. The molecule has 0 radical (unpaired) electrons. The topological polar surface area (TPSA) is 63.8 Å². The number of rotatable bonds is 5. The Morgan fingerprint density at radius 1 is 1.35 bits per heavy atom. The molecule has 1 heterocycles. The lowest BCUT2D eigenvalue weighted by atomic mass is 10.1. The lowest BCUT2D eigenvalue weighted by Crippen LogP contribution is -2.17. The van der Waals surface area contributed by atoms with Crippen LogP contribution in [0.25, 0.3) is 0 Å². The SMILES string of the molecule is CC(CC1CC1)Nc1cc(N)nc(C2CC2)n1. The molecule has 3 rings (SSSR count). The predicted molar refractivity (Wildman–Crippen MR) is 68.8 cm³/mol. The van der Waals surface area contributed by atoms with Gasteiger partial charge in [0.1, 0.15) is 17.5 Å². The Labute approximate surface area is 102 Å². The summed E-state index contributed by atoms with van der Waals surface area (Å²) >= 11 is 0. The fourth-order valence-electron chi connectivity index (χ4n) is 2.25. The summed E-state index contributed by atoms with van der Waals surface area (Å²) in [4.78, 5) is 8.86. The minimum Gasteiger partial charge on any atom is -0.384 e. The Hall–Kier alpha value is -1.32. The molecule has 0 spiro atoms. The van der Waals surface area contributed by atoms with Crippen molar-refractivity contribution in [3.05, 3.63) is 11.9 Å². The maximum Gasteiger partial charge on any atom is 0.136 e. The first-order valence-corrected chi connectivity index (χ1v) is 6.61. The molecule has 0 saturated heterocycles. The van der Waals surface area contributed by atoms with Gasteiger partial charge in [-0.25, -0.2) is 9.97 Å². The molecular weight excluding hydrogens is 212 g/mol. The molecule has 4 heteroatoms. The first-order valence-electron chi connectivity index (χ1n) is 6.61. The van der Waals surface area contributed by atoms with Gasteiger partial charge in [-0.3, -0.25) is 0 Å². The van der Waals surface area contributed by atoms with Crippen LogP contribution in [0.15, 0.2) is 6.07 Å². The van der Waals surface area contributed by atoms with Gasteiger partial charge in [0.05, 0.1) is 0 Å². The molecule has 0 aliphatic heterocycles. The van der Waals surface area contributed by atoms with Crippen molar-refractivity contribution in [2.24, 2.45) is 5.92 Å². The van der Waals surface area contributed by atoms with Crippen molar-refractivity contribution >= 4 is 11.6 Å². The Bertz CT molecular complexity index is 410. The van der Waals surface area contributed by atoms with E-state index in [0.717, 1.165) is 17.6 Å². The van der Waals surface area contributed by atoms with E-state index in [1.165, 1.54) is 32.1 Å². The second-order valence-corrected chi connectivity index (χ2v) is 5.53. The zero-order valence-electron chi connectivity index (χ0n) is 10.3. The van der Waals surface area contributed by atoms with Crippen LogP contribution in [0.4, 0.5) is 11.6 Å². The highest BCUT2D eigenvalue weighted by Gasteiger charge is 2.27. The van der Waals surface area contributed by atoms with Crippen molar-refractivity contribution in [2.75, 3.05) is 11.1 Å². The lowest BCUT2D eigenvalue weighted by Gasteiger charge is -2.14. The first-order chi connectivity index (χ1) is 8.20. The van der Waals surface area contributed by atoms with E-state index < -0.39 is 0 Å². The number of nitrogens with one attached hydrogen (secondary N) is 1. The number of nitrogens with two attached hydrogens (primary N) is 1. The van der Waals surface area contributed by atoms with Gasteiger partial charge < -0.3 is 11.1 Å². The van der Waals surface area contributed by atoms with Crippen LogP contribution in [0, 0.1) is 5.92 Å². The van der Waals surface area contributed by atoms with E-state index in [1.807, 2.05) is 6.07 Å². The number of aromatic nitrogens is 2. The summed E-state index contributed by atoms with van der Waals surface area (Å²) in [7, 11) is 0. The summed E-state index contributed by atoms with van der Waals surface area (Å²) in [6.45, 7) is 2.22. The van der Waals surface area contributed by atoms with Crippen molar-refractivity contribution in [3.63, 3.8) is 0 Å². The van der Waals surface area contributed by atoms with Gasteiger partial charge in [0.2, 0.25) is 0 Å². The second-order valence-electron chi connectivity index (χ2n) is 5.53. The Morgan fingerprint density at radius 2 is 2.12 bits per heavy atom. The summed E-state index contributed by atoms with van der Waals surface area (Å²) in [6, 6.07) is 2.32. The van der Waals surface area contributed by atoms with Crippen LogP contribution < -0.4 is 11.1 Å². The molecule has 1 aromatic heterocycles. The van der Waals surface area contributed by atoms with Gasteiger partial charge in [-0.05, 0) is 32.1 Å². The number of nitrogens with zero attached hydrogens (tertiary/aromatic N) is 2. The molecular formula is C13H20N4. The van der Waals surface area contributed by atoms with Crippen LogP contribution in [0.2, 0.25) is 0 Å². The Kier molecular flexibility index (Phi) is 2.65. The minimum atomic E-state index is 0.476. The number of hydrogen-bond acceptors (Lipinski definition) is 4. The number of hydrogen-bond donors (Lipinski definition) is 2. The highest BCUT2D eigenvalue weighted by molar-refractivity contribution is 5.45. The highest BCUT2D eigenvalue weighted by Crippen LogP contribution is 2.39. The van der Waals surface area contributed by atoms with E-state index in [1.54, 1.807) is 0 Å². The average molecular weight is 232 g/mol. The fourth-order valence-corrected chi connectivity index (χ4v) is 2.25. The lowest BCUT2D eigenvalue weighted by molar-refractivity contribution is 0.639. The molecule has 92 valence electrons. The Balaban J connectivity index is 1.67. The number of anilines is 2. The molecule has 1 aromatic rings. The van der Waals surface area contributed by atoms with Crippen LogP contribution in [0.3, 0.4) is 0 Å². The maximum atomic E-state index is 5.82. The summed E-state index contributed by atoms with van der Waals surface area (Å²) in [5.74, 6) is 3.89. The van der Waals surface area contributed by atoms with Crippen LogP contribution in [0.1, 0.15) is 50.8 Å². The molecule has 0 amide bonds. The molecule has 0 bridgehead atoms. The van der Waals surface area contributed by atoms with Crippen LogP contribution >= 0.6 is 0 Å². The van der Waals surface area contributed by atoms with Crippen LogP contribution in [-0.4, -0.2) is 16.0 Å². The molecule has 17 heavy (non-hydrogen) atoms. The zero-order valence-corrected chi connectivity index (χ0v) is 10.3. The van der Waals surface area contributed by atoms with Gasteiger partial charge in [0, 0.05) is 18.0 Å².